The molecule has 0 radical (unpaired) electrons. The Balaban J connectivity index is 0.00000225. The van der Waals surface area contributed by atoms with E-state index in [1.54, 1.807) is 12.4 Å². The second-order valence-electron chi connectivity index (χ2n) is 5.49. The van der Waals surface area contributed by atoms with E-state index in [2.05, 4.69) is 22.4 Å². The third-order valence-corrected chi connectivity index (χ3v) is 3.89. The number of nitrogens with zero attached hydrogens (tertiary/aromatic N) is 1. The highest BCUT2D eigenvalue weighted by Gasteiger charge is 2.05. The molecule has 0 aliphatic carbocycles. The lowest BCUT2D eigenvalue weighted by molar-refractivity contribution is -0.00000514. The standard InChI is InChI=1S/C20H19ClN2O.ClH/c21-19-6-7-20(24-15-17-4-2-1-3-5-17)18(12-19)14-23-13-16-8-10-22-11-9-16;/h1-12,23H,13-15H2;1H/p-1. The number of halogens is 2. The molecule has 1 N–H and O–H groups in total. The molecule has 2 aromatic carbocycles. The van der Waals surface area contributed by atoms with Crippen molar-refractivity contribution in [2.75, 3.05) is 0 Å². The fourth-order valence-electron chi connectivity index (χ4n) is 2.40. The summed E-state index contributed by atoms with van der Waals surface area (Å²) in [5.74, 6) is 0.852. The van der Waals surface area contributed by atoms with Gasteiger partial charge in [0, 0.05) is 36.1 Å². The van der Waals surface area contributed by atoms with Crippen molar-refractivity contribution in [3.8, 4) is 5.75 Å². The minimum absolute atomic E-state index is 0. The van der Waals surface area contributed by atoms with Crippen LogP contribution in [0, 0.1) is 0 Å². The molecule has 0 saturated heterocycles. The second-order valence-corrected chi connectivity index (χ2v) is 5.92. The molecule has 3 aromatic rings. The maximum atomic E-state index is 6.14. The van der Waals surface area contributed by atoms with E-state index in [1.165, 1.54) is 5.56 Å². The third kappa shape index (κ3) is 6.05. The number of pyridine rings is 1. The van der Waals surface area contributed by atoms with E-state index in [0.717, 1.165) is 23.4 Å². The third-order valence-electron chi connectivity index (χ3n) is 3.65. The van der Waals surface area contributed by atoms with E-state index in [9.17, 15) is 0 Å². The Labute approximate surface area is 159 Å². The van der Waals surface area contributed by atoms with Gasteiger partial charge in [0.1, 0.15) is 12.4 Å². The average Bonchev–Trinajstić information content (AvgIpc) is 2.63. The lowest BCUT2D eigenvalue weighted by Gasteiger charge is -2.13. The SMILES string of the molecule is Clc1ccc(OCc2ccccc2)c(CNCc2ccncc2)c1.[Cl-]. The normalized spacial score (nSPS) is 10.1. The van der Waals surface area contributed by atoms with Gasteiger partial charge in [-0.05, 0) is 41.5 Å². The molecule has 1 heterocycles. The Morgan fingerprint density at radius 3 is 2.40 bits per heavy atom. The maximum absolute atomic E-state index is 6.14. The highest BCUT2D eigenvalue weighted by atomic mass is 35.5. The van der Waals surface area contributed by atoms with Crippen molar-refractivity contribution in [3.63, 3.8) is 0 Å². The molecule has 5 heteroatoms. The van der Waals surface area contributed by atoms with E-state index >= 15 is 0 Å². The number of rotatable bonds is 7. The van der Waals surface area contributed by atoms with Crippen LogP contribution in [0.3, 0.4) is 0 Å². The van der Waals surface area contributed by atoms with Gasteiger partial charge in [-0.1, -0.05) is 41.9 Å². The van der Waals surface area contributed by atoms with Gasteiger partial charge in [-0.25, -0.2) is 0 Å². The molecule has 0 aliphatic rings. The van der Waals surface area contributed by atoms with Crippen molar-refractivity contribution in [1.82, 2.24) is 10.3 Å². The van der Waals surface area contributed by atoms with Crippen LogP contribution < -0.4 is 22.5 Å². The molecule has 0 bridgehead atoms. The Morgan fingerprint density at radius 1 is 0.880 bits per heavy atom. The van der Waals surface area contributed by atoms with Crippen LogP contribution in [0.1, 0.15) is 16.7 Å². The molecular weight excluding hydrogens is 355 g/mol. The highest BCUT2D eigenvalue weighted by molar-refractivity contribution is 6.30. The zero-order valence-corrected chi connectivity index (χ0v) is 15.2. The first kappa shape index (κ1) is 19.3. The summed E-state index contributed by atoms with van der Waals surface area (Å²) < 4.78 is 5.97. The minimum atomic E-state index is 0. The molecule has 0 atom stereocenters. The molecule has 0 fully saturated rings. The summed E-state index contributed by atoms with van der Waals surface area (Å²) in [6.45, 7) is 2.00. The molecule has 3 nitrogen and oxygen atoms in total. The molecule has 130 valence electrons. The number of ether oxygens (including phenoxy) is 1. The van der Waals surface area contributed by atoms with Crippen molar-refractivity contribution < 1.29 is 17.1 Å². The Morgan fingerprint density at radius 2 is 1.64 bits per heavy atom. The number of hydrogen-bond donors (Lipinski definition) is 1. The Hall–Kier alpha value is -2.07. The van der Waals surface area contributed by atoms with Gasteiger partial charge in [-0.3, -0.25) is 4.98 Å². The van der Waals surface area contributed by atoms with Gasteiger partial charge < -0.3 is 22.5 Å². The summed E-state index contributed by atoms with van der Waals surface area (Å²) in [6, 6.07) is 19.9. The maximum Gasteiger partial charge on any atom is 0.124 e. The summed E-state index contributed by atoms with van der Waals surface area (Å²) in [5.41, 5.74) is 3.38. The van der Waals surface area contributed by atoms with E-state index in [4.69, 9.17) is 16.3 Å². The lowest BCUT2D eigenvalue weighted by Crippen LogP contribution is -3.00. The second kappa shape index (κ2) is 10.0. The molecule has 0 amide bonds. The van der Waals surface area contributed by atoms with E-state index in [1.807, 2.05) is 48.5 Å². The fraction of sp³-hybridized carbons (Fsp3) is 0.150. The summed E-state index contributed by atoms with van der Waals surface area (Å²) in [4.78, 5) is 4.03. The molecule has 25 heavy (non-hydrogen) atoms. The van der Waals surface area contributed by atoms with Crippen LogP contribution in [0.15, 0.2) is 73.1 Å². The van der Waals surface area contributed by atoms with Crippen molar-refractivity contribution in [3.05, 3.63) is 94.8 Å². The molecule has 1 aromatic heterocycles. The predicted octanol–water partition coefficient (Wildman–Crippen LogP) is 1.61. The van der Waals surface area contributed by atoms with E-state index in [-0.39, 0.29) is 12.4 Å². The Bertz CT molecular complexity index is 767. The van der Waals surface area contributed by atoms with Gasteiger partial charge in [-0.15, -0.1) is 0 Å². The van der Waals surface area contributed by atoms with Gasteiger partial charge in [-0.2, -0.15) is 0 Å². The van der Waals surface area contributed by atoms with Crippen LogP contribution >= 0.6 is 11.6 Å². The van der Waals surface area contributed by atoms with Crippen LogP contribution in [-0.4, -0.2) is 4.98 Å². The molecule has 0 aliphatic heterocycles. The topological polar surface area (TPSA) is 34.1 Å². The quantitative estimate of drug-likeness (QED) is 0.683. The summed E-state index contributed by atoms with van der Waals surface area (Å²) in [7, 11) is 0. The fourth-order valence-corrected chi connectivity index (χ4v) is 2.60. The summed E-state index contributed by atoms with van der Waals surface area (Å²) >= 11 is 6.14. The molecule has 0 spiro atoms. The van der Waals surface area contributed by atoms with Crippen LogP contribution in [0.25, 0.3) is 0 Å². The number of benzene rings is 2. The van der Waals surface area contributed by atoms with Crippen LogP contribution in [0.4, 0.5) is 0 Å². The van der Waals surface area contributed by atoms with Gasteiger partial charge in [0.2, 0.25) is 0 Å². The summed E-state index contributed by atoms with van der Waals surface area (Å²) in [6.07, 6.45) is 3.59. The van der Waals surface area contributed by atoms with Crippen molar-refractivity contribution in [2.45, 2.75) is 19.7 Å². The van der Waals surface area contributed by atoms with Gasteiger partial charge in [0.05, 0.1) is 0 Å². The van der Waals surface area contributed by atoms with Crippen LogP contribution in [0.5, 0.6) is 5.75 Å². The van der Waals surface area contributed by atoms with Crippen LogP contribution in [0.2, 0.25) is 5.02 Å². The van der Waals surface area contributed by atoms with Crippen LogP contribution in [-0.2, 0) is 19.7 Å². The molecule has 0 saturated carbocycles. The lowest BCUT2D eigenvalue weighted by atomic mass is 10.2. The summed E-state index contributed by atoms with van der Waals surface area (Å²) in [5, 5.41) is 4.13. The van der Waals surface area contributed by atoms with Gasteiger partial charge in [0.15, 0.2) is 0 Å². The average molecular weight is 374 g/mol. The molecule has 3 rings (SSSR count). The predicted molar refractivity (Wildman–Crippen MR) is 97.0 cm³/mol. The van der Waals surface area contributed by atoms with Crippen molar-refractivity contribution in [2.24, 2.45) is 0 Å². The van der Waals surface area contributed by atoms with Gasteiger partial charge in [0.25, 0.3) is 0 Å². The highest BCUT2D eigenvalue weighted by Crippen LogP contribution is 2.24. The number of aromatic nitrogens is 1. The molecule has 0 unspecified atom stereocenters. The van der Waals surface area contributed by atoms with E-state index in [0.29, 0.717) is 18.2 Å². The van der Waals surface area contributed by atoms with Crippen molar-refractivity contribution in [1.29, 1.82) is 0 Å². The molecular formula is C20H19Cl2N2O-. The zero-order chi connectivity index (χ0) is 16.6. The first-order valence-electron chi connectivity index (χ1n) is 7.86. The first-order valence-corrected chi connectivity index (χ1v) is 8.24. The monoisotopic (exact) mass is 373 g/mol. The minimum Gasteiger partial charge on any atom is -1.00 e. The Kier molecular flexibility index (Phi) is 7.74. The van der Waals surface area contributed by atoms with Crippen molar-refractivity contribution >= 4 is 11.6 Å². The smallest absolute Gasteiger partial charge is 0.124 e. The zero-order valence-electron chi connectivity index (χ0n) is 13.7. The first-order chi connectivity index (χ1) is 11.8. The van der Waals surface area contributed by atoms with E-state index < -0.39 is 0 Å². The largest absolute Gasteiger partial charge is 1.00 e. The number of nitrogens with one attached hydrogen (secondary N) is 1. The van der Waals surface area contributed by atoms with Gasteiger partial charge >= 0.3 is 0 Å². The number of hydrogen-bond acceptors (Lipinski definition) is 3.